The van der Waals surface area contributed by atoms with Crippen molar-refractivity contribution >= 4 is 5.69 Å². The minimum absolute atomic E-state index is 0.278. The summed E-state index contributed by atoms with van der Waals surface area (Å²) in [5, 5.41) is 12.2. The summed E-state index contributed by atoms with van der Waals surface area (Å²) >= 11 is 0. The van der Waals surface area contributed by atoms with Crippen molar-refractivity contribution in [2.24, 2.45) is 0 Å². The van der Waals surface area contributed by atoms with Gasteiger partial charge in [-0.3, -0.25) is 0 Å². The van der Waals surface area contributed by atoms with E-state index in [9.17, 15) is 0 Å². The number of unbranched alkanes of at least 4 members (excludes halogenated alkanes) is 2. The third-order valence-electron chi connectivity index (χ3n) is 3.41. The summed E-state index contributed by atoms with van der Waals surface area (Å²) in [6, 6.07) is 6.80. The van der Waals surface area contributed by atoms with Gasteiger partial charge in [-0.15, -0.1) is 0 Å². The van der Waals surface area contributed by atoms with Crippen molar-refractivity contribution in [3.05, 3.63) is 23.8 Å². The molecule has 0 bridgehead atoms. The number of aliphatic hydroxyl groups is 1. The van der Waals surface area contributed by atoms with E-state index in [-0.39, 0.29) is 6.61 Å². The maximum absolute atomic E-state index is 8.72. The van der Waals surface area contributed by atoms with Crippen molar-refractivity contribution in [1.29, 1.82) is 0 Å². The Kier molecular flexibility index (Phi) is 4.88. The van der Waals surface area contributed by atoms with E-state index in [0.717, 1.165) is 38.0 Å². The predicted octanol–water partition coefficient (Wildman–Crippen LogP) is 2.97. The van der Waals surface area contributed by atoms with Crippen LogP contribution in [0.15, 0.2) is 18.2 Å². The van der Waals surface area contributed by atoms with E-state index >= 15 is 0 Å². The fourth-order valence-electron chi connectivity index (χ4n) is 2.33. The molecule has 0 saturated heterocycles. The highest BCUT2D eigenvalue weighted by molar-refractivity contribution is 5.63. The summed E-state index contributed by atoms with van der Waals surface area (Å²) in [4.78, 5) is 0. The van der Waals surface area contributed by atoms with Gasteiger partial charge in [-0.05, 0) is 50.7 Å². The SMILES string of the molecule is CC1CCc2cccc(OCCCCCO)c2N1. The van der Waals surface area contributed by atoms with Crippen molar-refractivity contribution in [1.82, 2.24) is 0 Å². The van der Waals surface area contributed by atoms with Gasteiger partial charge in [-0.25, -0.2) is 0 Å². The minimum atomic E-state index is 0.278. The van der Waals surface area contributed by atoms with Crippen LogP contribution < -0.4 is 10.1 Å². The zero-order chi connectivity index (χ0) is 12.8. The third-order valence-corrected chi connectivity index (χ3v) is 3.41. The molecule has 3 heteroatoms. The quantitative estimate of drug-likeness (QED) is 0.762. The first-order chi connectivity index (χ1) is 8.81. The van der Waals surface area contributed by atoms with Gasteiger partial charge >= 0.3 is 0 Å². The Morgan fingerprint density at radius 3 is 3.06 bits per heavy atom. The normalized spacial score (nSPS) is 18.0. The van der Waals surface area contributed by atoms with Gasteiger partial charge in [0.2, 0.25) is 0 Å². The van der Waals surface area contributed by atoms with Crippen molar-refractivity contribution in [2.75, 3.05) is 18.5 Å². The van der Waals surface area contributed by atoms with Gasteiger partial charge in [-0.2, -0.15) is 0 Å². The molecule has 1 heterocycles. The average molecular weight is 249 g/mol. The van der Waals surface area contributed by atoms with Crippen LogP contribution >= 0.6 is 0 Å². The summed E-state index contributed by atoms with van der Waals surface area (Å²) in [6.45, 7) is 3.22. The number of hydrogen-bond acceptors (Lipinski definition) is 3. The van der Waals surface area contributed by atoms with Crippen LogP contribution in [-0.2, 0) is 6.42 Å². The molecule has 18 heavy (non-hydrogen) atoms. The highest BCUT2D eigenvalue weighted by Gasteiger charge is 2.17. The van der Waals surface area contributed by atoms with Crippen LogP contribution in [-0.4, -0.2) is 24.4 Å². The Hall–Kier alpha value is -1.22. The summed E-state index contributed by atoms with van der Waals surface area (Å²) in [6.07, 6.45) is 5.21. The van der Waals surface area contributed by atoms with E-state index in [1.54, 1.807) is 0 Å². The Labute approximate surface area is 109 Å². The van der Waals surface area contributed by atoms with Crippen LogP contribution in [0.2, 0.25) is 0 Å². The molecule has 1 aromatic carbocycles. The van der Waals surface area contributed by atoms with E-state index < -0.39 is 0 Å². The summed E-state index contributed by atoms with van der Waals surface area (Å²) in [5.74, 6) is 0.975. The molecule has 1 aromatic rings. The Balaban J connectivity index is 1.92. The van der Waals surface area contributed by atoms with Crippen LogP contribution in [0.3, 0.4) is 0 Å². The summed E-state index contributed by atoms with van der Waals surface area (Å²) in [7, 11) is 0. The fraction of sp³-hybridized carbons (Fsp3) is 0.600. The smallest absolute Gasteiger partial charge is 0.142 e. The number of benzene rings is 1. The first-order valence-corrected chi connectivity index (χ1v) is 6.93. The first kappa shape index (κ1) is 13.2. The van der Waals surface area contributed by atoms with Crippen LogP contribution in [0.1, 0.15) is 38.2 Å². The monoisotopic (exact) mass is 249 g/mol. The molecule has 0 amide bonds. The van der Waals surface area contributed by atoms with Crippen LogP contribution in [0.25, 0.3) is 0 Å². The fourth-order valence-corrected chi connectivity index (χ4v) is 2.33. The highest BCUT2D eigenvalue weighted by atomic mass is 16.5. The van der Waals surface area contributed by atoms with Crippen molar-refractivity contribution in [3.63, 3.8) is 0 Å². The van der Waals surface area contributed by atoms with Gasteiger partial charge in [0.25, 0.3) is 0 Å². The van der Waals surface area contributed by atoms with Gasteiger partial charge < -0.3 is 15.2 Å². The minimum Gasteiger partial charge on any atom is -0.491 e. The van der Waals surface area contributed by atoms with E-state index in [0.29, 0.717) is 6.04 Å². The predicted molar refractivity (Wildman–Crippen MR) is 74.3 cm³/mol. The number of ether oxygens (including phenoxy) is 1. The van der Waals surface area contributed by atoms with Gasteiger partial charge in [-0.1, -0.05) is 12.1 Å². The van der Waals surface area contributed by atoms with Crippen molar-refractivity contribution in [2.45, 2.75) is 45.1 Å². The second kappa shape index (κ2) is 6.64. The molecule has 1 aliphatic rings. The van der Waals surface area contributed by atoms with Gasteiger partial charge in [0, 0.05) is 12.6 Å². The molecule has 1 unspecified atom stereocenters. The van der Waals surface area contributed by atoms with Gasteiger partial charge in [0.05, 0.1) is 12.3 Å². The second-order valence-corrected chi connectivity index (χ2v) is 5.01. The standard InChI is InChI=1S/C15H23NO2/c1-12-8-9-13-6-5-7-14(15(13)16-12)18-11-4-2-3-10-17/h5-7,12,16-17H,2-4,8-11H2,1H3. The lowest BCUT2D eigenvalue weighted by atomic mass is 9.98. The van der Waals surface area contributed by atoms with E-state index in [1.165, 1.54) is 17.7 Å². The third kappa shape index (κ3) is 3.39. The van der Waals surface area contributed by atoms with Gasteiger partial charge in [0.15, 0.2) is 0 Å². The summed E-state index contributed by atoms with van der Waals surface area (Å²) in [5.41, 5.74) is 2.54. The molecule has 0 saturated carbocycles. The Bertz CT molecular complexity index is 379. The van der Waals surface area contributed by atoms with E-state index in [1.807, 2.05) is 6.07 Å². The number of hydrogen-bond donors (Lipinski definition) is 2. The van der Waals surface area contributed by atoms with Crippen LogP contribution in [0, 0.1) is 0 Å². The highest BCUT2D eigenvalue weighted by Crippen LogP contribution is 2.33. The molecule has 0 aliphatic carbocycles. The lowest BCUT2D eigenvalue weighted by molar-refractivity contribution is 0.266. The molecule has 1 aliphatic heterocycles. The molecule has 3 nitrogen and oxygen atoms in total. The number of nitrogens with one attached hydrogen (secondary N) is 1. The van der Waals surface area contributed by atoms with Gasteiger partial charge in [0.1, 0.15) is 5.75 Å². The van der Waals surface area contributed by atoms with Crippen LogP contribution in [0.5, 0.6) is 5.75 Å². The first-order valence-electron chi connectivity index (χ1n) is 6.93. The number of rotatable bonds is 6. The maximum atomic E-state index is 8.72. The maximum Gasteiger partial charge on any atom is 0.142 e. The number of para-hydroxylation sites is 1. The Morgan fingerprint density at radius 1 is 1.33 bits per heavy atom. The number of aryl methyl sites for hydroxylation is 1. The largest absolute Gasteiger partial charge is 0.491 e. The molecule has 0 fully saturated rings. The molecule has 0 aromatic heterocycles. The zero-order valence-electron chi connectivity index (χ0n) is 11.1. The lowest BCUT2D eigenvalue weighted by Gasteiger charge is -2.26. The molecular weight excluding hydrogens is 226 g/mol. The van der Waals surface area contributed by atoms with E-state index in [4.69, 9.17) is 9.84 Å². The molecule has 0 spiro atoms. The van der Waals surface area contributed by atoms with Crippen molar-refractivity contribution < 1.29 is 9.84 Å². The average Bonchev–Trinajstić information content (AvgIpc) is 2.39. The number of anilines is 1. The number of fused-ring (bicyclic) bond motifs is 1. The topological polar surface area (TPSA) is 41.5 Å². The molecule has 100 valence electrons. The molecule has 0 radical (unpaired) electrons. The lowest BCUT2D eigenvalue weighted by Crippen LogP contribution is -2.22. The number of aliphatic hydroxyl groups excluding tert-OH is 1. The second-order valence-electron chi connectivity index (χ2n) is 5.01. The zero-order valence-corrected chi connectivity index (χ0v) is 11.1. The molecular formula is C15H23NO2. The van der Waals surface area contributed by atoms with E-state index in [2.05, 4.69) is 24.4 Å². The molecule has 2 rings (SSSR count). The van der Waals surface area contributed by atoms with Crippen molar-refractivity contribution in [3.8, 4) is 5.75 Å². The Morgan fingerprint density at radius 2 is 2.22 bits per heavy atom. The van der Waals surface area contributed by atoms with Crippen LogP contribution in [0.4, 0.5) is 5.69 Å². The molecule has 2 N–H and O–H groups in total. The molecule has 1 atom stereocenters. The summed E-state index contributed by atoms with van der Waals surface area (Å²) < 4.78 is 5.86.